The zero-order chi connectivity index (χ0) is 19.8. The van der Waals surface area contributed by atoms with Crippen molar-refractivity contribution in [2.24, 2.45) is 5.73 Å². The number of nitrogens with two attached hydrogens (primary N) is 1. The highest BCUT2D eigenvalue weighted by Crippen LogP contribution is 2.37. The van der Waals surface area contributed by atoms with Crippen molar-refractivity contribution in [3.05, 3.63) is 52.6 Å². The standard InChI is InChI=1S/C17H15ClF4N4O/c18-12-6-10(7-24-14(12)8-25-15(27)16(23)3-4-16)26-13-2-1-9(19)5-11(13)17(20,21)22/h1-2,5-7,26H,3-4,8,23H2,(H,25,27). The largest absolute Gasteiger partial charge is 0.418 e. The van der Waals surface area contributed by atoms with Gasteiger partial charge in [-0.3, -0.25) is 9.78 Å². The second kappa shape index (κ2) is 6.97. The van der Waals surface area contributed by atoms with Crippen LogP contribution in [0.3, 0.4) is 0 Å². The summed E-state index contributed by atoms with van der Waals surface area (Å²) in [7, 11) is 0. The molecule has 10 heteroatoms. The van der Waals surface area contributed by atoms with Crippen molar-refractivity contribution in [1.82, 2.24) is 10.3 Å². The Hall–Kier alpha value is -2.39. The second-order valence-electron chi connectivity index (χ2n) is 6.30. The van der Waals surface area contributed by atoms with E-state index in [2.05, 4.69) is 15.6 Å². The minimum absolute atomic E-state index is 0.0429. The van der Waals surface area contributed by atoms with Crippen molar-refractivity contribution >= 4 is 28.9 Å². The summed E-state index contributed by atoms with van der Waals surface area (Å²) in [5.41, 5.74) is 3.99. The van der Waals surface area contributed by atoms with Crippen LogP contribution < -0.4 is 16.4 Å². The number of alkyl halides is 3. The number of carbonyl (C=O) groups excluding carboxylic acids is 1. The van der Waals surface area contributed by atoms with E-state index in [0.29, 0.717) is 24.6 Å². The molecule has 0 unspecified atom stereocenters. The first-order chi connectivity index (χ1) is 12.6. The molecule has 1 amide bonds. The SMILES string of the molecule is NC1(C(=O)NCc2ncc(Nc3ccc(F)cc3C(F)(F)F)cc2Cl)CC1. The summed E-state index contributed by atoms with van der Waals surface area (Å²) in [6, 6.07) is 3.67. The van der Waals surface area contributed by atoms with Crippen molar-refractivity contribution in [1.29, 1.82) is 0 Å². The van der Waals surface area contributed by atoms with Crippen LogP contribution in [-0.2, 0) is 17.5 Å². The topological polar surface area (TPSA) is 80.0 Å². The number of aromatic nitrogens is 1. The third kappa shape index (κ3) is 4.48. The van der Waals surface area contributed by atoms with Crippen LogP contribution in [0, 0.1) is 5.82 Å². The number of hydrogen-bond donors (Lipinski definition) is 3. The summed E-state index contributed by atoms with van der Waals surface area (Å²) in [6.45, 7) is 0.0429. The molecule has 0 atom stereocenters. The Balaban J connectivity index is 1.74. The number of amides is 1. The number of pyridine rings is 1. The molecule has 1 fully saturated rings. The Morgan fingerprint density at radius 1 is 1.30 bits per heavy atom. The molecule has 5 nitrogen and oxygen atoms in total. The number of benzene rings is 1. The lowest BCUT2D eigenvalue weighted by Crippen LogP contribution is -2.42. The molecule has 1 heterocycles. The van der Waals surface area contributed by atoms with E-state index in [9.17, 15) is 22.4 Å². The molecule has 1 aliphatic carbocycles. The molecule has 2 aromatic rings. The first-order valence-electron chi connectivity index (χ1n) is 7.94. The van der Waals surface area contributed by atoms with Gasteiger partial charge in [0.2, 0.25) is 5.91 Å². The Morgan fingerprint density at radius 2 is 2.00 bits per heavy atom. The van der Waals surface area contributed by atoms with Crippen LogP contribution in [0.4, 0.5) is 28.9 Å². The summed E-state index contributed by atoms with van der Waals surface area (Å²) in [4.78, 5) is 15.9. The number of carbonyl (C=O) groups is 1. The number of anilines is 2. The predicted octanol–water partition coefficient (Wildman–Crippen LogP) is 3.74. The smallest absolute Gasteiger partial charge is 0.354 e. The Morgan fingerprint density at radius 3 is 2.59 bits per heavy atom. The van der Waals surface area contributed by atoms with E-state index < -0.39 is 23.1 Å². The Kier molecular flexibility index (Phi) is 5.00. The first-order valence-corrected chi connectivity index (χ1v) is 8.32. The van der Waals surface area contributed by atoms with Gasteiger partial charge in [-0.1, -0.05) is 11.6 Å². The maximum absolute atomic E-state index is 13.2. The lowest BCUT2D eigenvalue weighted by atomic mass is 10.1. The van der Waals surface area contributed by atoms with Crippen LogP contribution in [0.25, 0.3) is 0 Å². The molecule has 0 saturated heterocycles. The summed E-state index contributed by atoms with van der Waals surface area (Å²) in [5, 5.41) is 5.31. The van der Waals surface area contributed by atoms with Gasteiger partial charge in [-0.2, -0.15) is 13.2 Å². The van der Waals surface area contributed by atoms with Gasteiger partial charge in [0.25, 0.3) is 0 Å². The fourth-order valence-electron chi connectivity index (χ4n) is 2.38. The minimum Gasteiger partial charge on any atom is -0.354 e. The van der Waals surface area contributed by atoms with Gasteiger partial charge in [0.05, 0.1) is 45.9 Å². The molecule has 0 bridgehead atoms. The van der Waals surface area contributed by atoms with E-state index in [1.54, 1.807) is 0 Å². The highest BCUT2D eigenvalue weighted by molar-refractivity contribution is 6.31. The predicted molar refractivity (Wildman–Crippen MR) is 91.9 cm³/mol. The number of nitrogens with zero attached hydrogens (tertiary/aromatic N) is 1. The Labute approximate surface area is 156 Å². The van der Waals surface area contributed by atoms with Crippen LogP contribution in [0.1, 0.15) is 24.1 Å². The number of hydrogen-bond acceptors (Lipinski definition) is 4. The highest BCUT2D eigenvalue weighted by atomic mass is 35.5. The van der Waals surface area contributed by atoms with Crippen LogP contribution in [-0.4, -0.2) is 16.4 Å². The maximum atomic E-state index is 13.2. The van der Waals surface area contributed by atoms with Gasteiger partial charge < -0.3 is 16.4 Å². The van der Waals surface area contributed by atoms with Gasteiger partial charge in [-0.05, 0) is 37.1 Å². The van der Waals surface area contributed by atoms with Gasteiger partial charge >= 0.3 is 6.18 Å². The molecule has 1 aromatic carbocycles. The average molecular weight is 403 g/mol. The molecular formula is C17H15ClF4N4O. The second-order valence-corrected chi connectivity index (χ2v) is 6.71. The van der Waals surface area contributed by atoms with Gasteiger partial charge in [-0.15, -0.1) is 0 Å². The van der Waals surface area contributed by atoms with E-state index in [1.807, 2.05) is 0 Å². The monoisotopic (exact) mass is 402 g/mol. The quantitative estimate of drug-likeness (QED) is 0.665. The molecule has 3 rings (SSSR count). The van der Waals surface area contributed by atoms with Gasteiger partial charge in [0.1, 0.15) is 5.82 Å². The molecule has 0 spiro atoms. The molecule has 1 aliphatic rings. The van der Waals surface area contributed by atoms with E-state index in [4.69, 9.17) is 17.3 Å². The first kappa shape index (κ1) is 19.4. The lowest BCUT2D eigenvalue weighted by molar-refractivity contribution is -0.137. The Bertz CT molecular complexity index is 884. The van der Waals surface area contributed by atoms with Crippen molar-refractivity contribution in [2.75, 3.05) is 5.32 Å². The van der Waals surface area contributed by atoms with Crippen LogP contribution in [0.5, 0.6) is 0 Å². The third-order valence-corrected chi connectivity index (χ3v) is 4.47. The van der Waals surface area contributed by atoms with Crippen LogP contribution in [0.15, 0.2) is 30.5 Å². The summed E-state index contributed by atoms with van der Waals surface area (Å²) in [6.07, 6.45) is -2.23. The van der Waals surface area contributed by atoms with Gasteiger partial charge in [0, 0.05) is 0 Å². The molecule has 27 heavy (non-hydrogen) atoms. The van der Waals surface area contributed by atoms with E-state index in [1.165, 1.54) is 12.3 Å². The third-order valence-electron chi connectivity index (χ3n) is 4.14. The van der Waals surface area contributed by atoms with E-state index >= 15 is 0 Å². The zero-order valence-electron chi connectivity index (χ0n) is 13.8. The minimum atomic E-state index is -4.73. The van der Waals surface area contributed by atoms with Gasteiger partial charge in [0.15, 0.2) is 0 Å². The molecule has 1 aromatic heterocycles. The zero-order valence-corrected chi connectivity index (χ0v) is 14.6. The molecule has 4 N–H and O–H groups in total. The lowest BCUT2D eigenvalue weighted by Gasteiger charge is -2.15. The van der Waals surface area contributed by atoms with E-state index in [-0.39, 0.29) is 28.8 Å². The van der Waals surface area contributed by atoms with Crippen molar-refractivity contribution in [3.63, 3.8) is 0 Å². The normalized spacial score (nSPS) is 15.3. The molecule has 1 saturated carbocycles. The summed E-state index contributed by atoms with van der Waals surface area (Å²) < 4.78 is 52.3. The summed E-state index contributed by atoms with van der Waals surface area (Å²) in [5.74, 6) is -1.30. The highest BCUT2D eigenvalue weighted by Gasteiger charge is 2.45. The van der Waals surface area contributed by atoms with Crippen molar-refractivity contribution < 1.29 is 22.4 Å². The molecule has 144 valence electrons. The average Bonchev–Trinajstić information content (AvgIpc) is 3.33. The number of nitrogens with one attached hydrogen (secondary N) is 2. The summed E-state index contributed by atoms with van der Waals surface area (Å²) >= 11 is 6.10. The van der Waals surface area contributed by atoms with Crippen LogP contribution in [0.2, 0.25) is 5.02 Å². The van der Waals surface area contributed by atoms with Gasteiger partial charge in [-0.25, -0.2) is 4.39 Å². The van der Waals surface area contributed by atoms with E-state index in [0.717, 1.165) is 12.1 Å². The number of rotatable bonds is 5. The molecule has 0 aliphatic heterocycles. The fourth-order valence-corrected chi connectivity index (χ4v) is 2.62. The maximum Gasteiger partial charge on any atom is 0.418 e. The molecular weight excluding hydrogens is 388 g/mol. The van der Waals surface area contributed by atoms with Crippen molar-refractivity contribution in [2.45, 2.75) is 31.1 Å². The van der Waals surface area contributed by atoms with Crippen molar-refractivity contribution in [3.8, 4) is 0 Å². The number of halogens is 5. The fraction of sp³-hybridized carbons (Fsp3) is 0.294. The van der Waals surface area contributed by atoms with Crippen LogP contribution >= 0.6 is 11.6 Å². The molecule has 0 radical (unpaired) electrons.